The van der Waals surface area contributed by atoms with E-state index < -0.39 is 0 Å². The summed E-state index contributed by atoms with van der Waals surface area (Å²) in [7, 11) is 0. The van der Waals surface area contributed by atoms with E-state index >= 15 is 0 Å². The molecule has 1 rings (SSSR count). The minimum atomic E-state index is 0.267. The van der Waals surface area contributed by atoms with E-state index in [0.29, 0.717) is 0 Å². The van der Waals surface area contributed by atoms with Crippen molar-refractivity contribution in [1.29, 1.82) is 0 Å². The molecule has 1 unspecified atom stereocenters. The third-order valence-corrected chi connectivity index (χ3v) is 2.41. The second-order valence-electron chi connectivity index (χ2n) is 1.86. The van der Waals surface area contributed by atoms with Crippen LogP contribution in [-0.2, 0) is 4.79 Å². The second kappa shape index (κ2) is 3.13. The number of thioether (sulfide) groups is 1. The quantitative estimate of drug-likeness (QED) is 0.496. The van der Waals surface area contributed by atoms with Gasteiger partial charge in [-0.25, -0.2) is 0 Å². The summed E-state index contributed by atoms with van der Waals surface area (Å²) in [4.78, 5) is 10.1. The van der Waals surface area contributed by atoms with Gasteiger partial charge in [0.05, 0.1) is 5.25 Å². The third kappa shape index (κ3) is 1.51. The van der Waals surface area contributed by atoms with Gasteiger partial charge in [-0.2, -0.15) is 11.8 Å². The summed E-state index contributed by atoms with van der Waals surface area (Å²) < 4.78 is 0. The molecule has 0 amide bonds. The Morgan fingerprint density at radius 2 is 2.62 bits per heavy atom. The van der Waals surface area contributed by atoms with E-state index in [1.807, 2.05) is 0 Å². The number of aldehydes is 1. The van der Waals surface area contributed by atoms with Crippen LogP contribution in [-0.4, -0.2) is 17.3 Å². The smallest absolute Gasteiger partial charge is 0.132 e. The SMILES string of the molecule is O=CC1C[CH]CCS1. The Balaban J connectivity index is 2.22. The largest absolute Gasteiger partial charge is 0.302 e. The van der Waals surface area contributed by atoms with E-state index in [0.717, 1.165) is 18.5 Å². The summed E-state index contributed by atoms with van der Waals surface area (Å²) >= 11 is 1.76. The van der Waals surface area contributed by atoms with E-state index in [2.05, 4.69) is 6.42 Å². The van der Waals surface area contributed by atoms with Gasteiger partial charge in [0.15, 0.2) is 0 Å². The Labute approximate surface area is 53.8 Å². The highest BCUT2D eigenvalue weighted by Crippen LogP contribution is 2.21. The molecule has 0 aliphatic carbocycles. The van der Waals surface area contributed by atoms with Gasteiger partial charge in [0.25, 0.3) is 0 Å². The topological polar surface area (TPSA) is 17.1 Å². The van der Waals surface area contributed by atoms with Crippen molar-refractivity contribution in [2.24, 2.45) is 0 Å². The van der Waals surface area contributed by atoms with E-state index in [9.17, 15) is 4.79 Å². The van der Waals surface area contributed by atoms with Crippen LogP contribution in [0.15, 0.2) is 0 Å². The first kappa shape index (κ1) is 6.14. The van der Waals surface area contributed by atoms with Gasteiger partial charge in [0.2, 0.25) is 0 Å². The first-order chi connectivity index (χ1) is 3.93. The lowest BCUT2D eigenvalue weighted by Crippen LogP contribution is -2.10. The standard InChI is InChI=1S/C6H9OS/c7-5-6-3-1-2-4-8-6/h1,5-6H,2-4H2. The van der Waals surface area contributed by atoms with E-state index in [1.165, 1.54) is 6.42 Å². The summed E-state index contributed by atoms with van der Waals surface area (Å²) in [5, 5.41) is 0.267. The van der Waals surface area contributed by atoms with Crippen molar-refractivity contribution in [3.05, 3.63) is 6.42 Å². The molecule has 0 N–H and O–H groups in total. The number of carbonyl (C=O) groups is 1. The Kier molecular flexibility index (Phi) is 2.40. The summed E-state index contributed by atoms with van der Waals surface area (Å²) in [6.45, 7) is 0. The van der Waals surface area contributed by atoms with Crippen LogP contribution in [0, 0.1) is 6.42 Å². The molecular formula is C6H9OS. The molecule has 2 heteroatoms. The van der Waals surface area contributed by atoms with Gasteiger partial charge in [-0.1, -0.05) is 0 Å². The average molecular weight is 129 g/mol. The van der Waals surface area contributed by atoms with Crippen LogP contribution in [0.1, 0.15) is 12.8 Å². The lowest BCUT2D eigenvalue weighted by Gasteiger charge is -2.13. The van der Waals surface area contributed by atoms with Gasteiger partial charge in [0.1, 0.15) is 6.29 Å². The maximum atomic E-state index is 10.1. The molecule has 0 spiro atoms. The Morgan fingerprint density at radius 3 is 3.00 bits per heavy atom. The van der Waals surface area contributed by atoms with Crippen LogP contribution in [0.3, 0.4) is 0 Å². The molecule has 1 radical (unpaired) electrons. The molecule has 0 bridgehead atoms. The minimum Gasteiger partial charge on any atom is -0.302 e. The zero-order valence-electron chi connectivity index (χ0n) is 4.67. The number of carbonyl (C=O) groups excluding carboxylic acids is 1. The van der Waals surface area contributed by atoms with Crippen LogP contribution in [0.5, 0.6) is 0 Å². The van der Waals surface area contributed by atoms with Crippen molar-refractivity contribution in [2.45, 2.75) is 18.1 Å². The fraction of sp³-hybridized carbons (Fsp3) is 0.667. The van der Waals surface area contributed by atoms with Crippen molar-refractivity contribution >= 4 is 18.0 Å². The van der Waals surface area contributed by atoms with E-state index in [1.54, 1.807) is 11.8 Å². The van der Waals surface area contributed by atoms with Crippen molar-refractivity contribution in [3.63, 3.8) is 0 Å². The molecule has 1 heterocycles. The Morgan fingerprint density at radius 1 is 1.75 bits per heavy atom. The first-order valence-electron chi connectivity index (χ1n) is 2.82. The van der Waals surface area contributed by atoms with Crippen molar-refractivity contribution in [3.8, 4) is 0 Å². The van der Waals surface area contributed by atoms with Crippen LogP contribution < -0.4 is 0 Å². The van der Waals surface area contributed by atoms with Crippen molar-refractivity contribution in [2.75, 3.05) is 5.75 Å². The van der Waals surface area contributed by atoms with Gasteiger partial charge in [-0.05, 0) is 25.0 Å². The average Bonchev–Trinajstić information content (AvgIpc) is 1.90. The first-order valence-corrected chi connectivity index (χ1v) is 3.87. The molecule has 1 atom stereocenters. The van der Waals surface area contributed by atoms with Gasteiger partial charge in [-0.15, -0.1) is 0 Å². The normalized spacial score (nSPS) is 29.8. The Hall–Kier alpha value is 0.0200. The fourth-order valence-corrected chi connectivity index (χ4v) is 1.70. The lowest BCUT2D eigenvalue weighted by molar-refractivity contribution is -0.107. The maximum Gasteiger partial charge on any atom is 0.132 e. The molecule has 1 aliphatic rings. The summed E-state index contributed by atoms with van der Waals surface area (Å²) in [6, 6.07) is 0. The summed E-state index contributed by atoms with van der Waals surface area (Å²) in [5.41, 5.74) is 0. The predicted molar refractivity (Wildman–Crippen MR) is 35.8 cm³/mol. The molecule has 1 nitrogen and oxygen atoms in total. The van der Waals surface area contributed by atoms with Crippen LogP contribution in [0.4, 0.5) is 0 Å². The molecule has 0 aromatic rings. The highest BCUT2D eigenvalue weighted by Gasteiger charge is 2.11. The summed E-state index contributed by atoms with van der Waals surface area (Å²) in [5.74, 6) is 1.13. The second-order valence-corrected chi connectivity index (χ2v) is 3.21. The molecule has 1 aliphatic heterocycles. The van der Waals surface area contributed by atoms with Crippen molar-refractivity contribution in [1.82, 2.24) is 0 Å². The zero-order valence-corrected chi connectivity index (χ0v) is 5.49. The van der Waals surface area contributed by atoms with Gasteiger partial charge in [0, 0.05) is 0 Å². The molecular weight excluding hydrogens is 120 g/mol. The van der Waals surface area contributed by atoms with E-state index in [4.69, 9.17) is 0 Å². The third-order valence-electron chi connectivity index (χ3n) is 1.20. The monoisotopic (exact) mass is 129 g/mol. The number of hydrogen-bond donors (Lipinski definition) is 0. The fourth-order valence-electron chi connectivity index (χ4n) is 0.748. The highest BCUT2D eigenvalue weighted by molar-refractivity contribution is 8.00. The van der Waals surface area contributed by atoms with Crippen molar-refractivity contribution < 1.29 is 4.79 Å². The van der Waals surface area contributed by atoms with Gasteiger partial charge < -0.3 is 4.79 Å². The minimum absolute atomic E-state index is 0.267. The number of hydrogen-bond acceptors (Lipinski definition) is 2. The zero-order chi connectivity index (χ0) is 5.82. The summed E-state index contributed by atoms with van der Waals surface area (Å²) in [6.07, 6.45) is 5.39. The molecule has 0 saturated carbocycles. The maximum absolute atomic E-state index is 10.1. The predicted octanol–water partition coefficient (Wildman–Crippen LogP) is 1.29. The highest BCUT2D eigenvalue weighted by atomic mass is 32.2. The van der Waals surface area contributed by atoms with Gasteiger partial charge >= 0.3 is 0 Å². The molecule has 8 heavy (non-hydrogen) atoms. The van der Waals surface area contributed by atoms with Crippen LogP contribution in [0.25, 0.3) is 0 Å². The molecule has 45 valence electrons. The molecule has 1 fully saturated rings. The number of rotatable bonds is 1. The Bertz CT molecular complexity index is 76.6. The van der Waals surface area contributed by atoms with Crippen LogP contribution in [0.2, 0.25) is 0 Å². The molecule has 0 aromatic heterocycles. The molecule has 0 aromatic carbocycles. The van der Waals surface area contributed by atoms with Crippen LogP contribution >= 0.6 is 11.8 Å². The lowest BCUT2D eigenvalue weighted by atomic mass is 10.2. The van der Waals surface area contributed by atoms with E-state index in [-0.39, 0.29) is 5.25 Å². The van der Waals surface area contributed by atoms with Gasteiger partial charge in [-0.3, -0.25) is 0 Å². The molecule has 1 saturated heterocycles.